The van der Waals surface area contributed by atoms with Crippen molar-refractivity contribution < 1.29 is 24.2 Å². The molecule has 1 fully saturated rings. The summed E-state index contributed by atoms with van der Waals surface area (Å²) in [6.07, 6.45) is 1.22. The summed E-state index contributed by atoms with van der Waals surface area (Å²) in [4.78, 5) is 22.3. The molecule has 1 amide bonds. The van der Waals surface area contributed by atoms with Crippen molar-refractivity contribution in [2.24, 2.45) is 10.2 Å². The summed E-state index contributed by atoms with van der Waals surface area (Å²) >= 11 is 1.04. The van der Waals surface area contributed by atoms with Gasteiger partial charge in [0.05, 0.1) is 26.9 Å². The minimum absolute atomic E-state index is 0.262. The average molecular weight is 351 g/mol. The van der Waals surface area contributed by atoms with Gasteiger partial charge in [-0.3, -0.25) is 9.59 Å². The number of aliphatic carboxylic acids is 1. The van der Waals surface area contributed by atoms with Crippen LogP contribution in [0.3, 0.4) is 0 Å². The molecule has 1 aliphatic heterocycles. The first-order valence-corrected chi connectivity index (χ1v) is 7.85. The van der Waals surface area contributed by atoms with Crippen LogP contribution in [-0.4, -0.2) is 47.8 Å². The number of amidine groups is 1. The molecule has 0 spiro atoms. The third-order valence-electron chi connectivity index (χ3n) is 3.23. The van der Waals surface area contributed by atoms with E-state index in [1.807, 2.05) is 13.0 Å². The maximum atomic E-state index is 11.6. The molecule has 0 aliphatic carbocycles. The zero-order valence-electron chi connectivity index (χ0n) is 13.4. The van der Waals surface area contributed by atoms with Gasteiger partial charge in [-0.05, 0) is 24.6 Å². The summed E-state index contributed by atoms with van der Waals surface area (Å²) in [6.45, 7) is 1.90. The van der Waals surface area contributed by atoms with Gasteiger partial charge in [-0.1, -0.05) is 11.8 Å². The van der Waals surface area contributed by atoms with E-state index in [9.17, 15) is 9.59 Å². The molecular formula is C15H17N3O5S. The monoisotopic (exact) mass is 351 g/mol. The number of hydrogen-bond donors (Lipinski definition) is 2. The number of methoxy groups -OCH3 is 2. The summed E-state index contributed by atoms with van der Waals surface area (Å²) in [5.41, 5.74) is 1.59. The second-order valence-corrected chi connectivity index (χ2v) is 6.10. The molecule has 1 unspecified atom stereocenters. The fourth-order valence-electron chi connectivity index (χ4n) is 2.06. The van der Waals surface area contributed by atoms with Crippen molar-refractivity contribution in [3.8, 4) is 11.5 Å². The highest BCUT2D eigenvalue weighted by atomic mass is 32.2. The van der Waals surface area contributed by atoms with Crippen LogP contribution in [0.15, 0.2) is 22.3 Å². The van der Waals surface area contributed by atoms with Gasteiger partial charge in [-0.15, -0.1) is 5.10 Å². The molecule has 2 N–H and O–H groups in total. The third-order valence-corrected chi connectivity index (χ3v) is 4.30. The highest BCUT2D eigenvalue weighted by molar-refractivity contribution is 8.15. The quantitative estimate of drug-likeness (QED) is 0.592. The number of amides is 1. The van der Waals surface area contributed by atoms with Gasteiger partial charge >= 0.3 is 5.97 Å². The number of carboxylic acids is 1. The molecule has 8 nitrogen and oxygen atoms in total. The van der Waals surface area contributed by atoms with Crippen LogP contribution < -0.4 is 14.8 Å². The molecular weight excluding hydrogens is 334 g/mol. The van der Waals surface area contributed by atoms with Gasteiger partial charge in [0.25, 0.3) is 0 Å². The Morgan fingerprint density at radius 1 is 1.38 bits per heavy atom. The lowest BCUT2D eigenvalue weighted by molar-refractivity contribution is -0.138. The summed E-state index contributed by atoms with van der Waals surface area (Å²) < 4.78 is 10.6. The van der Waals surface area contributed by atoms with E-state index in [1.165, 1.54) is 6.21 Å². The van der Waals surface area contributed by atoms with E-state index in [4.69, 9.17) is 14.6 Å². The number of thioether (sulfide) groups is 1. The van der Waals surface area contributed by atoms with Gasteiger partial charge in [0.1, 0.15) is 16.7 Å². The molecule has 1 heterocycles. The zero-order chi connectivity index (χ0) is 17.7. The molecule has 0 saturated carbocycles. The number of nitrogens with one attached hydrogen (secondary N) is 1. The number of nitrogens with zero attached hydrogens (tertiary/aromatic N) is 2. The van der Waals surface area contributed by atoms with Gasteiger partial charge in [0.15, 0.2) is 5.17 Å². The Hall–Kier alpha value is -2.55. The van der Waals surface area contributed by atoms with Crippen molar-refractivity contribution in [1.29, 1.82) is 0 Å². The Morgan fingerprint density at radius 2 is 2.08 bits per heavy atom. The lowest BCUT2D eigenvalue weighted by atomic mass is 10.1. The minimum atomic E-state index is -1.04. The van der Waals surface area contributed by atoms with E-state index >= 15 is 0 Å². The predicted octanol–water partition coefficient (Wildman–Crippen LogP) is 1.41. The number of aryl methyl sites for hydroxylation is 1. The summed E-state index contributed by atoms with van der Waals surface area (Å²) in [6, 6.07) is 3.59. The fraction of sp³-hybridized carbons (Fsp3) is 0.333. The van der Waals surface area contributed by atoms with Crippen molar-refractivity contribution in [2.75, 3.05) is 14.2 Å². The van der Waals surface area contributed by atoms with Gasteiger partial charge in [0.2, 0.25) is 5.91 Å². The van der Waals surface area contributed by atoms with Crippen LogP contribution in [0, 0.1) is 6.92 Å². The van der Waals surface area contributed by atoms with E-state index in [0.717, 1.165) is 17.3 Å². The van der Waals surface area contributed by atoms with Crippen LogP contribution in [0.5, 0.6) is 11.5 Å². The van der Waals surface area contributed by atoms with Crippen molar-refractivity contribution >= 4 is 35.0 Å². The summed E-state index contributed by atoms with van der Waals surface area (Å²) in [5, 5.41) is 18.7. The number of carboxylic acid groups (broad SMARTS) is 1. The number of rotatable bonds is 6. The number of carbonyl (C=O) groups is 2. The molecule has 1 aromatic carbocycles. The Bertz CT molecular complexity index is 717. The molecule has 1 atom stereocenters. The smallest absolute Gasteiger partial charge is 0.305 e. The predicted molar refractivity (Wildman–Crippen MR) is 91.1 cm³/mol. The van der Waals surface area contributed by atoms with Crippen LogP contribution in [0.1, 0.15) is 17.5 Å². The minimum Gasteiger partial charge on any atom is -0.496 e. The van der Waals surface area contributed by atoms with Crippen molar-refractivity contribution in [3.05, 3.63) is 23.3 Å². The van der Waals surface area contributed by atoms with Gasteiger partial charge in [0, 0.05) is 5.56 Å². The molecule has 1 saturated heterocycles. The van der Waals surface area contributed by atoms with Crippen LogP contribution in [0.2, 0.25) is 0 Å². The first kappa shape index (κ1) is 17.8. The average Bonchev–Trinajstić information content (AvgIpc) is 2.87. The molecule has 9 heteroatoms. The normalized spacial score (nSPS) is 18.9. The highest BCUT2D eigenvalue weighted by Gasteiger charge is 2.32. The molecule has 1 aromatic rings. The van der Waals surface area contributed by atoms with Crippen LogP contribution in [-0.2, 0) is 9.59 Å². The number of hydrogen-bond acceptors (Lipinski definition) is 7. The maximum absolute atomic E-state index is 11.6. The lowest BCUT2D eigenvalue weighted by Crippen LogP contribution is -2.26. The number of benzene rings is 1. The second kappa shape index (κ2) is 7.82. The van der Waals surface area contributed by atoms with Crippen LogP contribution >= 0.6 is 11.8 Å². The topological polar surface area (TPSA) is 110 Å². The van der Waals surface area contributed by atoms with Crippen LogP contribution in [0.25, 0.3) is 0 Å². The lowest BCUT2D eigenvalue weighted by Gasteiger charge is -2.09. The second-order valence-electron chi connectivity index (χ2n) is 4.91. The maximum Gasteiger partial charge on any atom is 0.305 e. The standard InChI is InChI=1S/C15H17N3O5S/c1-8-4-11(23-3)9(5-10(8)22-2)7-16-18-15-17-14(21)12(24-15)6-13(19)20/h4-5,7,12H,6H2,1-3H3,(H,19,20)(H,17,18,21). The van der Waals surface area contributed by atoms with Gasteiger partial charge in [-0.2, -0.15) is 5.10 Å². The van der Waals surface area contributed by atoms with Crippen molar-refractivity contribution in [2.45, 2.75) is 18.6 Å². The highest BCUT2D eigenvalue weighted by Crippen LogP contribution is 2.27. The van der Waals surface area contributed by atoms with E-state index in [0.29, 0.717) is 17.1 Å². The fourth-order valence-corrected chi connectivity index (χ4v) is 2.98. The van der Waals surface area contributed by atoms with Crippen LogP contribution in [0.4, 0.5) is 0 Å². The Kier molecular flexibility index (Phi) is 5.80. The molecule has 2 rings (SSSR count). The van der Waals surface area contributed by atoms with Crippen molar-refractivity contribution in [3.63, 3.8) is 0 Å². The van der Waals surface area contributed by atoms with Gasteiger partial charge in [-0.25, -0.2) is 0 Å². The van der Waals surface area contributed by atoms with E-state index in [2.05, 4.69) is 15.5 Å². The molecule has 0 bridgehead atoms. The zero-order valence-corrected chi connectivity index (χ0v) is 14.2. The Morgan fingerprint density at radius 3 is 2.71 bits per heavy atom. The Labute approximate surface area is 142 Å². The van der Waals surface area contributed by atoms with E-state index in [-0.39, 0.29) is 17.5 Å². The molecule has 0 radical (unpaired) electrons. The molecule has 128 valence electrons. The van der Waals surface area contributed by atoms with E-state index in [1.54, 1.807) is 20.3 Å². The first-order chi connectivity index (χ1) is 11.4. The Balaban J connectivity index is 2.14. The third kappa shape index (κ3) is 4.25. The number of carbonyl (C=O) groups excluding carboxylic acids is 1. The molecule has 1 aliphatic rings. The first-order valence-electron chi connectivity index (χ1n) is 6.97. The summed E-state index contributed by atoms with van der Waals surface area (Å²) in [7, 11) is 3.12. The molecule has 0 aromatic heterocycles. The largest absolute Gasteiger partial charge is 0.496 e. The van der Waals surface area contributed by atoms with Crippen molar-refractivity contribution in [1.82, 2.24) is 5.32 Å². The SMILES string of the molecule is COc1cc(C=NN=C2NC(=O)C(CC(=O)O)S2)c(OC)cc1C. The molecule has 24 heavy (non-hydrogen) atoms. The number of ether oxygens (including phenoxy) is 2. The van der Waals surface area contributed by atoms with Gasteiger partial charge < -0.3 is 19.9 Å². The summed E-state index contributed by atoms with van der Waals surface area (Å²) in [5.74, 6) is -0.117. The van der Waals surface area contributed by atoms with E-state index < -0.39 is 11.2 Å².